The standard InChI is InChI=1S/C24H40N4O2.HI/c1-20(27(3)18-21-8-5-4-6-9-21)11-14-26-24(25-2)28-15-12-22(13-16-28)30-19-23-10-7-17-29-23;/h4-6,8-9,20,22-23H,7,10-19H2,1-3H3,(H,25,26);1H. The Balaban J connectivity index is 0.00000341. The number of guanidine groups is 1. The fourth-order valence-electron chi connectivity index (χ4n) is 4.23. The van der Waals surface area contributed by atoms with Crippen molar-refractivity contribution >= 4 is 29.9 Å². The molecule has 31 heavy (non-hydrogen) atoms. The van der Waals surface area contributed by atoms with Gasteiger partial charge >= 0.3 is 0 Å². The molecule has 1 aromatic carbocycles. The summed E-state index contributed by atoms with van der Waals surface area (Å²) in [5.74, 6) is 1.02. The highest BCUT2D eigenvalue weighted by Gasteiger charge is 2.24. The molecule has 6 nitrogen and oxygen atoms in total. The van der Waals surface area contributed by atoms with Gasteiger partial charge in [-0.3, -0.25) is 9.89 Å². The van der Waals surface area contributed by atoms with Gasteiger partial charge in [0.15, 0.2) is 5.96 Å². The van der Waals surface area contributed by atoms with Gasteiger partial charge in [0.2, 0.25) is 0 Å². The first-order chi connectivity index (χ1) is 14.7. The van der Waals surface area contributed by atoms with E-state index in [1.165, 1.54) is 12.0 Å². The summed E-state index contributed by atoms with van der Waals surface area (Å²) >= 11 is 0. The van der Waals surface area contributed by atoms with Gasteiger partial charge in [-0.2, -0.15) is 0 Å². The van der Waals surface area contributed by atoms with E-state index in [9.17, 15) is 0 Å². The molecule has 0 spiro atoms. The van der Waals surface area contributed by atoms with Crippen molar-refractivity contribution in [2.24, 2.45) is 4.99 Å². The second-order valence-corrected chi connectivity index (χ2v) is 8.67. The molecule has 2 aliphatic heterocycles. The topological polar surface area (TPSA) is 49.3 Å². The van der Waals surface area contributed by atoms with Gasteiger partial charge in [-0.05, 0) is 51.6 Å². The maximum Gasteiger partial charge on any atom is 0.193 e. The van der Waals surface area contributed by atoms with Gasteiger partial charge in [0.05, 0.1) is 18.8 Å². The Labute approximate surface area is 205 Å². The van der Waals surface area contributed by atoms with E-state index in [0.717, 1.165) is 71.0 Å². The van der Waals surface area contributed by atoms with Crippen LogP contribution in [0.4, 0.5) is 0 Å². The van der Waals surface area contributed by atoms with Crippen LogP contribution in [0.25, 0.3) is 0 Å². The molecule has 2 saturated heterocycles. The fraction of sp³-hybridized carbons (Fsp3) is 0.708. The molecule has 0 radical (unpaired) electrons. The third-order valence-corrected chi connectivity index (χ3v) is 6.37. The molecule has 0 aromatic heterocycles. The lowest BCUT2D eigenvalue weighted by atomic mass is 10.1. The molecule has 0 bridgehead atoms. The second-order valence-electron chi connectivity index (χ2n) is 8.67. The highest BCUT2D eigenvalue weighted by Crippen LogP contribution is 2.18. The number of likely N-dealkylation sites (tertiary alicyclic amines) is 1. The first-order valence-corrected chi connectivity index (χ1v) is 11.6. The van der Waals surface area contributed by atoms with Crippen LogP contribution in [-0.2, 0) is 16.0 Å². The summed E-state index contributed by atoms with van der Waals surface area (Å²) in [6.07, 6.45) is 6.20. The number of hydrogen-bond acceptors (Lipinski definition) is 4. The van der Waals surface area contributed by atoms with Gasteiger partial charge in [-0.25, -0.2) is 0 Å². The third-order valence-electron chi connectivity index (χ3n) is 6.37. The van der Waals surface area contributed by atoms with Crippen LogP contribution in [0.2, 0.25) is 0 Å². The predicted octanol–water partition coefficient (Wildman–Crippen LogP) is 3.75. The van der Waals surface area contributed by atoms with Crippen molar-refractivity contribution in [2.45, 2.75) is 63.8 Å². The second kappa shape index (κ2) is 14.3. The maximum absolute atomic E-state index is 6.10. The molecular weight excluding hydrogens is 503 g/mol. The van der Waals surface area contributed by atoms with E-state index < -0.39 is 0 Å². The zero-order chi connectivity index (χ0) is 21.2. The minimum atomic E-state index is 0. The van der Waals surface area contributed by atoms with Crippen molar-refractivity contribution in [3.63, 3.8) is 0 Å². The molecule has 0 amide bonds. The summed E-state index contributed by atoms with van der Waals surface area (Å²) in [6.45, 7) is 7.86. The SMILES string of the molecule is CN=C(NCCC(C)N(C)Cc1ccccc1)N1CCC(OCC2CCCO2)CC1.I. The van der Waals surface area contributed by atoms with Gasteiger partial charge in [-0.15, -0.1) is 24.0 Å². The molecule has 2 unspecified atom stereocenters. The smallest absolute Gasteiger partial charge is 0.193 e. The van der Waals surface area contributed by atoms with Crippen LogP contribution >= 0.6 is 24.0 Å². The quantitative estimate of drug-likeness (QED) is 0.292. The monoisotopic (exact) mass is 544 g/mol. The Kier molecular flexibility index (Phi) is 12.1. The van der Waals surface area contributed by atoms with E-state index in [-0.39, 0.29) is 24.0 Å². The summed E-state index contributed by atoms with van der Waals surface area (Å²) in [7, 11) is 4.08. The lowest BCUT2D eigenvalue weighted by molar-refractivity contribution is -0.0367. The summed E-state index contributed by atoms with van der Waals surface area (Å²) < 4.78 is 11.8. The van der Waals surface area contributed by atoms with E-state index in [2.05, 4.69) is 64.4 Å². The van der Waals surface area contributed by atoms with Crippen molar-refractivity contribution in [1.82, 2.24) is 15.1 Å². The predicted molar refractivity (Wildman–Crippen MR) is 138 cm³/mol. The average Bonchev–Trinajstić information content (AvgIpc) is 3.30. The molecular formula is C24H41IN4O2. The van der Waals surface area contributed by atoms with E-state index in [1.807, 2.05) is 7.05 Å². The van der Waals surface area contributed by atoms with Crippen molar-refractivity contribution in [2.75, 3.05) is 46.9 Å². The average molecular weight is 545 g/mol. The number of nitrogens with one attached hydrogen (secondary N) is 1. The third kappa shape index (κ3) is 8.86. The highest BCUT2D eigenvalue weighted by molar-refractivity contribution is 14.0. The molecule has 0 aliphatic carbocycles. The highest BCUT2D eigenvalue weighted by atomic mass is 127. The number of halogens is 1. The Hall–Kier alpha value is -0.900. The number of benzene rings is 1. The van der Waals surface area contributed by atoms with Gasteiger partial charge in [0.1, 0.15) is 0 Å². The van der Waals surface area contributed by atoms with Crippen LogP contribution < -0.4 is 5.32 Å². The Morgan fingerprint density at radius 3 is 2.65 bits per heavy atom. The number of aliphatic imine (C=N–C) groups is 1. The summed E-state index contributed by atoms with van der Waals surface area (Å²) in [5, 5.41) is 3.57. The molecule has 0 saturated carbocycles. The normalized spacial score (nSPS) is 21.2. The van der Waals surface area contributed by atoms with E-state index in [4.69, 9.17) is 9.47 Å². The van der Waals surface area contributed by atoms with Gasteiger partial charge in [0.25, 0.3) is 0 Å². The van der Waals surface area contributed by atoms with E-state index >= 15 is 0 Å². The number of ether oxygens (including phenoxy) is 2. The Morgan fingerprint density at radius 2 is 2.00 bits per heavy atom. The lowest BCUT2D eigenvalue weighted by Crippen LogP contribution is -2.48. The number of piperidine rings is 1. The molecule has 176 valence electrons. The molecule has 2 atom stereocenters. The van der Waals surface area contributed by atoms with Gasteiger partial charge in [0, 0.05) is 45.9 Å². The minimum Gasteiger partial charge on any atom is -0.376 e. The molecule has 3 rings (SSSR count). The summed E-state index contributed by atoms with van der Waals surface area (Å²) in [4.78, 5) is 9.29. The van der Waals surface area contributed by atoms with Crippen LogP contribution in [-0.4, -0.2) is 81.0 Å². The molecule has 2 heterocycles. The van der Waals surface area contributed by atoms with Crippen molar-refractivity contribution in [3.8, 4) is 0 Å². The maximum atomic E-state index is 6.10. The van der Waals surface area contributed by atoms with Crippen molar-refractivity contribution in [3.05, 3.63) is 35.9 Å². The van der Waals surface area contributed by atoms with Gasteiger partial charge in [-0.1, -0.05) is 30.3 Å². The van der Waals surface area contributed by atoms with Crippen LogP contribution in [0.3, 0.4) is 0 Å². The van der Waals surface area contributed by atoms with Crippen LogP contribution in [0.1, 0.15) is 44.6 Å². The Morgan fingerprint density at radius 1 is 1.26 bits per heavy atom. The van der Waals surface area contributed by atoms with Crippen LogP contribution in [0, 0.1) is 0 Å². The van der Waals surface area contributed by atoms with Crippen LogP contribution in [0.5, 0.6) is 0 Å². The largest absolute Gasteiger partial charge is 0.376 e. The molecule has 1 N–H and O–H groups in total. The summed E-state index contributed by atoms with van der Waals surface area (Å²) in [5.41, 5.74) is 1.36. The zero-order valence-electron chi connectivity index (χ0n) is 19.5. The molecule has 2 fully saturated rings. The number of nitrogens with zero attached hydrogens (tertiary/aromatic N) is 3. The first kappa shape index (κ1) is 26.4. The summed E-state index contributed by atoms with van der Waals surface area (Å²) in [6, 6.07) is 11.2. The van der Waals surface area contributed by atoms with Gasteiger partial charge < -0.3 is 19.7 Å². The lowest BCUT2D eigenvalue weighted by Gasteiger charge is -2.34. The number of rotatable bonds is 9. The first-order valence-electron chi connectivity index (χ1n) is 11.6. The van der Waals surface area contributed by atoms with E-state index in [0.29, 0.717) is 18.2 Å². The minimum absolute atomic E-state index is 0. The molecule has 2 aliphatic rings. The fourth-order valence-corrected chi connectivity index (χ4v) is 4.23. The van der Waals surface area contributed by atoms with Crippen molar-refractivity contribution < 1.29 is 9.47 Å². The van der Waals surface area contributed by atoms with Crippen LogP contribution in [0.15, 0.2) is 35.3 Å². The van der Waals surface area contributed by atoms with E-state index in [1.54, 1.807) is 0 Å². The number of hydrogen-bond donors (Lipinski definition) is 1. The zero-order valence-corrected chi connectivity index (χ0v) is 21.8. The van der Waals surface area contributed by atoms with Crippen molar-refractivity contribution in [1.29, 1.82) is 0 Å². The molecule has 1 aromatic rings. The Bertz CT molecular complexity index is 632. The molecule has 7 heteroatoms.